The van der Waals surface area contributed by atoms with E-state index in [4.69, 9.17) is 4.74 Å². The molecule has 0 bridgehead atoms. The lowest BCUT2D eigenvalue weighted by Crippen LogP contribution is -2.44. The van der Waals surface area contributed by atoms with Crippen LogP contribution in [0.1, 0.15) is 44.7 Å². The Hall–Kier alpha value is -3.89. The van der Waals surface area contributed by atoms with Gasteiger partial charge in [0.25, 0.3) is 0 Å². The van der Waals surface area contributed by atoms with Crippen LogP contribution in [0.3, 0.4) is 0 Å². The van der Waals surface area contributed by atoms with Gasteiger partial charge in [-0.1, -0.05) is 0 Å². The van der Waals surface area contributed by atoms with Gasteiger partial charge >= 0.3 is 12.3 Å². The molecule has 202 valence electrons. The largest absolute Gasteiger partial charge is 0.444 e. The minimum Gasteiger partial charge on any atom is -0.444 e. The molecule has 38 heavy (non-hydrogen) atoms. The van der Waals surface area contributed by atoms with E-state index in [1.165, 1.54) is 0 Å². The van der Waals surface area contributed by atoms with Crippen LogP contribution in [0.4, 0.5) is 35.4 Å². The lowest BCUT2D eigenvalue weighted by atomic mass is 10.1. The summed E-state index contributed by atoms with van der Waals surface area (Å²) in [5, 5.41) is 6.28. The molecule has 1 aliphatic heterocycles. The number of nitrogens with zero attached hydrogens (tertiary/aromatic N) is 4. The molecule has 11 heteroatoms. The number of aromatic nitrogens is 3. The van der Waals surface area contributed by atoms with Gasteiger partial charge in [0.05, 0.1) is 11.3 Å². The number of likely N-dealkylation sites (tertiary alicyclic amines) is 1. The number of halogens is 3. The average Bonchev–Trinajstić information content (AvgIpc) is 2.83. The fourth-order valence-electron chi connectivity index (χ4n) is 4.06. The third-order valence-corrected chi connectivity index (χ3v) is 5.87. The van der Waals surface area contributed by atoms with Gasteiger partial charge in [-0.3, -0.25) is 0 Å². The molecule has 0 radical (unpaired) electrons. The molecule has 2 N–H and O–H groups in total. The number of pyridine rings is 3. The third-order valence-electron chi connectivity index (χ3n) is 5.87. The molecule has 1 aliphatic rings. The minimum absolute atomic E-state index is 0.0549. The Labute approximate surface area is 219 Å². The molecule has 1 fully saturated rings. The zero-order valence-corrected chi connectivity index (χ0v) is 21.8. The number of hydrogen-bond donors (Lipinski definition) is 2. The molecule has 0 aromatic carbocycles. The third kappa shape index (κ3) is 7.33. The number of piperidine rings is 1. The van der Waals surface area contributed by atoms with E-state index in [0.29, 0.717) is 30.4 Å². The molecule has 0 saturated carbocycles. The second kappa shape index (κ2) is 10.8. The number of carbonyl (C=O) groups is 1. The van der Waals surface area contributed by atoms with Gasteiger partial charge < -0.3 is 20.3 Å². The van der Waals surface area contributed by atoms with Crippen molar-refractivity contribution in [2.75, 3.05) is 23.7 Å². The van der Waals surface area contributed by atoms with Crippen molar-refractivity contribution in [1.29, 1.82) is 0 Å². The van der Waals surface area contributed by atoms with Crippen molar-refractivity contribution in [1.82, 2.24) is 19.9 Å². The maximum Gasteiger partial charge on any atom is 0.416 e. The smallest absolute Gasteiger partial charge is 0.416 e. The Morgan fingerprint density at radius 2 is 1.74 bits per heavy atom. The van der Waals surface area contributed by atoms with E-state index in [0.717, 1.165) is 42.3 Å². The molecule has 1 amide bonds. The Balaban J connectivity index is 1.38. The fourth-order valence-corrected chi connectivity index (χ4v) is 4.06. The molecule has 3 aromatic rings. The van der Waals surface area contributed by atoms with Crippen molar-refractivity contribution in [3.8, 4) is 11.3 Å². The van der Waals surface area contributed by atoms with Gasteiger partial charge in [-0.2, -0.15) is 13.2 Å². The summed E-state index contributed by atoms with van der Waals surface area (Å²) in [6, 6.07) is 9.41. The highest BCUT2D eigenvalue weighted by molar-refractivity contribution is 5.68. The van der Waals surface area contributed by atoms with Crippen LogP contribution >= 0.6 is 0 Å². The van der Waals surface area contributed by atoms with Crippen molar-refractivity contribution >= 4 is 23.5 Å². The Bertz CT molecular complexity index is 1270. The number of anilines is 3. The predicted octanol–water partition coefficient (Wildman–Crippen LogP) is 6.42. The predicted molar refractivity (Wildman–Crippen MR) is 139 cm³/mol. The topological polar surface area (TPSA) is 92.3 Å². The molecule has 8 nitrogen and oxygen atoms in total. The molecule has 0 unspecified atom stereocenters. The van der Waals surface area contributed by atoms with E-state index in [-0.39, 0.29) is 18.0 Å². The highest BCUT2D eigenvalue weighted by Gasteiger charge is 2.31. The molecule has 0 atom stereocenters. The maximum absolute atomic E-state index is 13.0. The number of aryl methyl sites for hydroxylation is 1. The minimum atomic E-state index is -4.46. The normalized spacial score (nSPS) is 14.8. The Morgan fingerprint density at radius 1 is 1.00 bits per heavy atom. The number of amides is 1. The van der Waals surface area contributed by atoms with E-state index < -0.39 is 17.3 Å². The molecule has 3 aromatic heterocycles. The van der Waals surface area contributed by atoms with E-state index in [1.54, 1.807) is 17.2 Å². The Morgan fingerprint density at radius 3 is 2.37 bits per heavy atom. The van der Waals surface area contributed by atoms with Crippen LogP contribution < -0.4 is 10.6 Å². The Kier molecular flexibility index (Phi) is 7.75. The molecular formula is C27H31F3N6O2. The van der Waals surface area contributed by atoms with Crippen LogP contribution in [-0.2, 0) is 10.9 Å². The zero-order valence-electron chi connectivity index (χ0n) is 21.8. The molecule has 4 heterocycles. The maximum atomic E-state index is 13.0. The van der Waals surface area contributed by atoms with Crippen molar-refractivity contribution in [3.63, 3.8) is 0 Å². The summed E-state index contributed by atoms with van der Waals surface area (Å²) in [4.78, 5) is 27.0. The van der Waals surface area contributed by atoms with Gasteiger partial charge in [-0.15, -0.1) is 0 Å². The molecule has 4 rings (SSSR count). The number of ether oxygens (including phenoxy) is 1. The van der Waals surface area contributed by atoms with Gasteiger partial charge in [-0.05, 0) is 82.5 Å². The van der Waals surface area contributed by atoms with E-state index in [9.17, 15) is 18.0 Å². The quantitative estimate of drug-likeness (QED) is 0.395. The summed E-state index contributed by atoms with van der Waals surface area (Å²) in [6.45, 7) is 8.65. The van der Waals surface area contributed by atoms with E-state index >= 15 is 0 Å². The van der Waals surface area contributed by atoms with Crippen LogP contribution in [0.2, 0.25) is 0 Å². The number of rotatable bonds is 5. The van der Waals surface area contributed by atoms with Crippen LogP contribution in [0.5, 0.6) is 0 Å². The average molecular weight is 529 g/mol. The second-order valence-corrected chi connectivity index (χ2v) is 10.3. The van der Waals surface area contributed by atoms with Crippen molar-refractivity contribution in [2.45, 2.75) is 58.4 Å². The van der Waals surface area contributed by atoms with Crippen LogP contribution in [-0.4, -0.2) is 50.7 Å². The summed E-state index contributed by atoms with van der Waals surface area (Å²) in [5.74, 6) is 1.15. The second-order valence-electron chi connectivity index (χ2n) is 10.3. The first-order chi connectivity index (χ1) is 17.9. The van der Waals surface area contributed by atoms with Gasteiger partial charge in [-0.25, -0.2) is 19.7 Å². The first-order valence-corrected chi connectivity index (χ1v) is 12.4. The number of hydrogen-bond acceptors (Lipinski definition) is 7. The highest BCUT2D eigenvalue weighted by Crippen LogP contribution is 2.31. The van der Waals surface area contributed by atoms with E-state index in [2.05, 4.69) is 25.6 Å². The fraction of sp³-hybridized carbons (Fsp3) is 0.407. The lowest BCUT2D eigenvalue weighted by molar-refractivity contribution is -0.137. The van der Waals surface area contributed by atoms with Gasteiger partial charge in [0.1, 0.15) is 23.1 Å². The van der Waals surface area contributed by atoms with Crippen LogP contribution in [0, 0.1) is 6.92 Å². The van der Waals surface area contributed by atoms with Gasteiger partial charge in [0.15, 0.2) is 0 Å². The number of alkyl halides is 3. The molecule has 0 aliphatic carbocycles. The monoisotopic (exact) mass is 528 g/mol. The molecular weight excluding hydrogens is 497 g/mol. The van der Waals surface area contributed by atoms with Crippen molar-refractivity contribution in [3.05, 3.63) is 59.9 Å². The van der Waals surface area contributed by atoms with Crippen molar-refractivity contribution < 1.29 is 22.7 Å². The first kappa shape index (κ1) is 27.2. The first-order valence-electron chi connectivity index (χ1n) is 12.4. The SMILES string of the molecule is Cc1cc(Nc2cc(C(F)(F)F)ccn2)nc(-c2ccc(NC3CCN(C(=O)OC(C)(C)C)CC3)nc2)c1. The number of carbonyl (C=O) groups excluding carboxylic acids is 1. The summed E-state index contributed by atoms with van der Waals surface area (Å²) in [6.07, 6.45) is -0.380. The van der Waals surface area contributed by atoms with Crippen molar-refractivity contribution in [2.24, 2.45) is 0 Å². The highest BCUT2D eigenvalue weighted by atomic mass is 19.4. The summed E-state index contributed by atoms with van der Waals surface area (Å²) < 4.78 is 44.6. The summed E-state index contributed by atoms with van der Waals surface area (Å²) >= 11 is 0. The van der Waals surface area contributed by atoms with Crippen LogP contribution in [0.25, 0.3) is 11.3 Å². The number of nitrogens with one attached hydrogen (secondary N) is 2. The standard InChI is InChI=1S/C27H31F3N6O2/c1-17-13-21(34-24(14-17)35-23-15-19(7-10-31-23)27(28,29)30)18-5-6-22(32-16-18)33-20-8-11-36(12-9-20)25(37)38-26(2,3)4/h5-7,10,13-16,20H,8-9,11-12H2,1-4H3,(H,32,33)(H,31,34,35). The van der Waals surface area contributed by atoms with Gasteiger partial charge in [0.2, 0.25) is 0 Å². The molecule has 1 saturated heterocycles. The van der Waals surface area contributed by atoms with Crippen LogP contribution in [0.15, 0.2) is 48.8 Å². The summed E-state index contributed by atoms with van der Waals surface area (Å²) in [7, 11) is 0. The lowest BCUT2D eigenvalue weighted by Gasteiger charge is -2.33. The molecule has 0 spiro atoms. The van der Waals surface area contributed by atoms with E-state index in [1.807, 2.05) is 45.9 Å². The summed E-state index contributed by atoms with van der Waals surface area (Å²) in [5.41, 5.74) is 0.966. The zero-order chi connectivity index (χ0) is 27.5. The van der Waals surface area contributed by atoms with Gasteiger partial charge in [0, 0.05) is 37.1 Å².